The number of nitrogens with zero attached hydrogens (tertiary/aromatic N) is 1. The van der Waals surface area contributed by atoms with Gasteiger partial charge in [0, 0.05) is 6.07 Å². The summed E-state index contributed by atoms with van der Waals surface area (Å²) in [4.78, 5) is 13.4. The number of hydrogen-bond donors (Lipinski definition) is 1. The van der Waals surface area contributed by atoms with Gasteiger partial charge in [0.15, 0.2) is 11.5 Å². The number of ether oxygens (including phenoxy) is 3. The quantitative estimate of drug-likeness (QED) is 0.313. The van der Waals surface area contributed by atoms with E-state index in [4.69, 9.17) is 14.2 Å². The fraction of sp³-hybridized carbons (Fsp3) is 0.387. The van der Waals surface area contributed by atoms with E-state index in [2.05, 4.69) is 19.2 Å². The number of rotatable bonds is 11. The fourth-order valence-electron chi connectivity index (χ4n) is 4.82. The molecule has 0 aliphatic carbocycles. The summed E-state index contributed by atoms with van der Waals surface area (Å²) in [6.45, 7) is 11.4. The molecule has 0 aliphatic heterocycles. The molecule has 0 spiro atoms. The van der Waals surface area contributed by atoms with Crippen molar-refractivity contribution in [2.24, 2.45) is 0 Å². The number of sulfonamides is 1. The van der Waals surface area contributed by atoms with Crippen molar-refractivity contribution in [3.63, 3.8) is 0 Å². The van der Waals surface area contributed by atoms with Crippen molar-refractivity contribution in [2.75, 3.05) is 32.2 Å². The summed E-state index contributed by atoms with van der Waals surface area (Å²) in [5, 5.41) is 3.00. The van der Waals surface area contributed by atoms with Crippen LogP contribution in [-0.2, 0) is 14.8 Å². The highest BCUT2D eigenvalue weighted by Gasteiger charge is 2.29. The predicted molar refractivity (Wildman–Crippen MR) is 158 cm³/mol. The molecular weight excluding hydrogens is 528 g/mol. The Morgan fingerprint density at radius 2 is 1.40 bits per heavy atom. The second-order valence-corrected chi connectivity index (χ2v) is 12.1. The van der Waals surface area contributed by atoms with Crippen LogP contribution in [0, 0.1) is 20.8 Å². The van der Waals surface area contributed by atoms with Crippen molar-refractivity contribution in [1.29, 1.82) is 0 Å². The van der Waals surface area contributed by atoms with E-state index in [1.54, 1.807) is 19.2 Å². The molecule has 0 radical (unpaired) electrons. The molecule has 0 aliphatic rings. The topological polar surface area (TPSA) is 94.2 Å². The van der Waals surface area contributed by atoms with Crippen LogP contribution in [0.3, 0.4) is 0 Å². The molecule has 0 fully saturated rings. The smallest absolute Gasteiger partial charge is 0.264 e. The van der Waals surface area contributed by atoms with Gasteiger partial charge >= 0.3 is 0 Å². The Kier molecular flexibility index (Phi) is 9.73. The Bertz CT molecular complexity index is 1460. The van der Waals surface area contributed by atoms with Gasteiger partial charge in [-0.2, -0.15) is 0 Å². The highest BCUT2D eigenvalue weighted by atomic mass is 32.2. The summed E-state index contributed by atoms with van der Waals surface area (Å²) < 4.78 is 45.3. The van der Waals surface area contributed by atoms with Gasteiger partial charge < -0.3 is 19.5 Å². The number of carbonyl (C=O) groups is 1. The average Bonchev–Trinajstić information content (AvgIpc) is 2.89. The zero-order chi connectivity index (χ0) is 29.8. The minimum atomic E-state index is -4.16. The van der Waals surface area contributed by atoms with Crippen LogP contribution < -0.4 is 23.8 Å². The van der Waals surface area contributed by atoms with Crippen LogP contribution in [0.2, 0.25) is 0 Å². The molecule has 3 aromatic carbocycles. The van der Waals surface area contributed by atoms with E-state index in [1.165, 1.54) is 32.4 Å². The summed E-state index contributed by atoms with van der Waals surface area (Å²) in [5.74, 6) is 1.28. The molecule has 3 aromatic rings. The van der Waals surface area contributed by atoms with Crippen LogP contribution in [0.4, 0.5) is 5.69 Å². The molecule has 1 atom stereocenters. The molecule has 40 heavy (non-hydrogen) atoms. The van der Waals surface area contributed by atoms with Crippen molar-refractivity contribution in [1.82, 2.24) is 5.32 Å². The lowest BCUT2D eigenvalue weighted by atomic mass is 9.93. The van der Waals surface area contributed by atoms with E-state index in [9.17, 15) is 13.2 Å². The maximum atomic E-state index is 14.0. The van der Waals surface area contributed by atoms with Crippen LogP contribution in [0.1, 0.15) is 60.5 Å². The first kappa shape index (κ1) is 30.8. The summed E-state index contributed by atoms with van der Waals surface area (Å²) in [5.41, 5.74) is 5.12. The average molecular weight is 569 g/mol. The van der Waals surface area contributed by atoms with Gasteiger partial charge in [-0.25, -0.2) is 8.42 Å². The third-order valence-corrected chi connectivity index (χ3v) is 8.58. The van der Waals surface area contributed by atoms with E-state index < -0.39 is 22.5 Å². The zero-order valence-corrected chi connectivity index (χ0v) is 25.6. The molecule has 0 aromatic heterocycles. The number of benzene rings is 3. The van der Waals surface area contributed by atoms with Crippen molar-refractivity contribution in [3.05, 3.63) is 76.3 Å². The molecule has 8 nitrogen and oxygen atoms in total. The molecular formula is C31H40N2O6S. The Balaban J connectivity index is 2.00. The monoisotopic (exact) mass is 568 g/mol. The molecule has 0 heterocycles. The summed E-state index contributed by atoms with van der Waals surface area (Å²) >= 11 is 0. The van der Waals surface area contributed by atoms with Crippen molar-refractivity contribution in [3.8, 4) is 17.2 Å². The molecule has 3 rings (SSSR count). The Labute approximate surface area is 238 Å². The maximum absolute atomic E-state index is 14.0. The molecule has 9 heteroatoms. The van der Waals surface area contributed by atoms with E-state index in [1.807, 2.05) is 45.9 Å². The third-order valence-electron chi connectivity index (χ3n) is 6.81. The SMILES string of the molecule is COc1ccc(S(=O)(=O)N(CC(=O)N[C@H](C)c2cc(C(C)C)c(OC)cc2C)c2cc(C)cc(C)c2)cc1OC. The number of anilines is 1. The lowest BCUT2D eigenvalue weighted by molar-refractivity contribution is -0.120. The van der Waals surface area contributed by atoms with E-state index >= 15 is 0 Å². The zero-order valence-electron chi connectivity index (χ0n) is 24.8. The van der Waals surface area contributed by atoms with Crippen molar-refractivity contribution in [2.45, 2.75) is 58.4 Å². The van der Waals surface area contributed by atoms with E-state index in [0.717, 1.165) is 37.9 Å². The Morgan fingerprint density at radius 3 is 1.95 bits per heavy atom. The first-order valence-corrected chi connectivity index (χ1v) is 14.6. The summed E-state index contributed by atoms with van der Waals surface area (Å²) in [6, 6.07) is 13.5. The summed E-state index contributed by atoms with van der Waals surface area (Å²) in [6.07, 6.45) is 0. The molecule has 0 saturated carbocycles. The van der Waals surface area contributed by atoms with Crippen LogP contribution in [0.5, 0.6) is 17.2 Å². The van der Waals surface area contributed by atoms with Crippen LogP contribution in [0.15, 0.2) is 53.4 Å². The van der Waals surface area contributed by atoms with Crippen LogP contribution >= 0.6 is 0 Å². The number of nitrogens with one attached hydrogen (secondary N) is 1. The van der Waals surface area contributed by atoms with Crippen molar-refractivity contribution < 1.29 is 27.4 Å². The minimum absolute atomic E-state index is 0.0160. The minimum Gasteiger partial charge on any atom is -0.496 e. The first-order chi connectivity index (χ1) is 18.8. The van der Waals surface area contributed by atoms with Gasteiger partial charge in [-0.3, -0.25) is 9.10 Å². The lowest BCUT2D eigenvalue weighted by Gasteiger charge is -2.27. The maximum Gasteiger partial charge on any atom is 0.264 e. The molecule has 1 N–H and O–H groups in total. The largest absolute Gasteiger partial charge is 0.496 e. The standard InChI is InChI=1S/C31H40N2O6S/c1-19(2)26-17-27(22(5)15-29(26)38-8)23(6)32-31(34)18-33(24-13-20(3)12-21(4)14-24)40(35,36)25-10-11-28(37-7)30(16-25)39-9/h10-17,19,23H,18H2,1-9H3,(H,32,34)/t23-/m1/s1. The molecule has 216 valence electrons. The van der Waals surface area contributed by atoms with E-state index in [0.29, 0.717) is 11.4 Å². The Hall–Kier alpha value is -3.72. The van der Waals surface area contributed by atoms with Gasteiger partial charge in [-0.15, -0.1) is 0 Å². The highest BCUT2D eigenvalue weighted by Crippen LogP contribution is 2.34. The second-order valence-electron chi connectivity index (χ2n) is 10.3. The molecule has 0 saturated heterocycles. The van der Waals surface area contributed by atoms with Gasteiger partial charge in [-0.05, 0) is 97.8 Å². The molecule has 0 unspecified atom stereocenters. The van der Waals surface area contributed by atoms with Crippen LogP contribution in [-0.4, -0.2) is 42.2 Å². The predicted octanol–water partition coefficient (Wildman–Crippen LogP) is 5.83. The van der Waals surface area contributed by atoms with Gasteiger partial charge in [-0.1, -0.05) is 19.9 Å². The number of amides is 1. The third kappa shape index (κ3) is 6.70. The van der Waals surface area contributed by atoms with Gasteiger partial charge in [0.2, 0.25) is 5.91 Å². The fourth-order valence-corrected chi connectivity index (χ4v) is 6.24. The number of methoxy groups -OCH3 is 3. The summed E-state index contributed by atoms with van der Waals surface area (Å²) in [7, 11) is 0.411. The number of hydrogen-bond acceptors (Lipinski definition) is 6. The number of carbonyl (C=O) groups excluding carboxylic acids is 1. The Morgan fingerprint density at radius 1 is 0.800 bits per heavy atom. The molecule has 0 bridgehead atoms. The van der Waals surface area contributed by atoms with Crippen LogP contribution in [0.25, 0.3) is 0 Å². The van der Waals surface area contributed by atoms with Crippen molar-refractivity contribution >= 4 is 21.6 Å². The van der Waals surface area contributed by atoms with Gasteiger partial charge in [0.1, 0.15) is 12.3 Å². The van der Waals surface area contributed by atoms with Gasteiger partial charge in [0.05, 0.1) is 38.0 Å². The number of aryl methyl sites for hydroxylation is 3. The normalized spacial score (nSPS) is 12.2. The van der Waals surface area contributed by atoms with Gasteiger partial charge in [0.25, 0.3) is 10.0 Å². The molecule has 1 amide bonds. The first-order valence-electron chi connectivity index (χ1n) is 13.1. The van der Waals surface area contributed by atoms with E-state index in [-0.39, 0.29) is 22.6 Å². The highest BCUT2D eigenvalue weighted by molar-refractivity contribution is 7.92. The second kappa shape index (κ2) is 12.6. The lowest BCUT2D eigenvalue weighted by Crippen LogP contribution is -2.41.